The first-order valence-corrected chi connectivity index (χ1v) is 15.9. The second-order valence-corrected chi connectivity index (χ2v) is 16.2. The monoisotopic (exact) mass is 536 g/mol. The molecule has 10 heteroatoms. The number of benzene rings is 1. The molecule has 0 amide bonds. The Hall–Kier alpha value is -2.30. The molecular weight excluding hydrogens is 497 g/mol. The molecule has 0 radical (unpaired) electrons. The van der Waals surface area contributed by atoms with Gasteiger partial charge >= 0.3 is 6.18 Å². The molecule has 3 aliphatic heterocycles. The predicted molar refractivity (Wildman–Crippen MR) is 142 cm³/mol. The smallest absolute Gasteiger partial charge is 0.416 e. The summed E-state index contributed by atoms with van der Waals surface area (Å²) in [4.78, 5) is 2.18. The van der Waals surface area contributed by atoms with E-state index in [1.54, 1.807) is 13.0 Å². The number of halogens is 3. The molecule has 1 fully saturated rings. The molecule has 0 spiro atoms. The Morgan fingerprint density at radius 3 is 2.51 bits per heavy atom. The normalized spacial score (nSPS) is 20.8. The number of ether oxygens (including phenoxy) is 1. The van der Waals surface area contributed by atoms with Crippen molar-refractivity contribution in [3.63, 3.8) is 0 Å². The van der Waals surface area contributed by atoms with Crippen molar-refractivity contribution in [2.45, 2.75) is 71.0 Å². The van der Waals surface area contributed by atoms with Crippen LogP contribution in [-0.2, 0) is 21.8 Å². The van der Waals surface area contributed by atoms with Gasteiger partial charge in [0.15, 0.2) is 8.32 Å². The molecule has 3 heterocycles. The maximum atomic E-state index is 13.6. The fraction of sp³-hybridized carbons (Fsp3) is 0.593. The number of hydrazone groups is 1. The largest absolute Gasteiger partial charge is 0.416 e. The summed E-state index contributed by atoms with van der Waals surface area (Å²) in [5.74, 6) is 0.846. The number of hydrogen-bond acceptors (Lipinski definition) is 6. The van der Waals surface area contributed by atoms with Gasteiger partial charge in [-0.15, -0.1) is 0 Å². The third-order valence-electron chi connectivity index (χ3n) is 7.91. The number of alkyl halides is 3. The van der Waals surface area contributed by atoms with Crippen molar-refractivity contribution in [1.82, 2.24) is 15.2 Å². The topological polar surface area (TPSA) is 49.3 Å². The van der Waals surface area contributed by atoms with Gasteiger partial charge in [0.05, 0.1) is 24.5 Å². The van der Waals surface area contributed by atoms with E-state index in [2.05, 4.69) is 50.2 Å². The van der Waals surface area contributed by atoms with Crippen LogP contribution < -0.4 is 5.32 Å². The minimum atomic E-state index is -4.39. The van der Waals surface area contributed by atoms with Crippen molar-refractivity contribution in [2.75, 3.05) is 32.9 Å². The van der Waals surface area contributed by atoms with Crippen LogP contribution in [0.4, 0.5) is 13.2 Å². The molecule has 3 aliphatic rings. The lowest BCUT2D eigenvalue weighted by atomic mass is 9.97. The predicted octanol–water partition coefficient (Wildman–Crippen LogP) is 5.63. The summed E-state index contributed by atoms with van der Waals surface area (Å²) in [6.45, 7) is 16.0. The van der Waals surface area contributed by atoms with Crippen LogP contribution in [0.15, 0.2) is 46.8 Å². The van der Waals surface area contributed by atoms with Gasteiger partial charge in [0, 0.05) is 38.2 Å². The lowest BCUT2D eigenvalue weighted by molar-refractivity contribution is -0.138. The highest BCUT2D eigenvalue weighted by Crippen LogP contribution is 2.38. The van der Waals surface area contributed by atoms with Gasteiger partial charge in [-0.2, -0.15) is 18.3 Å². The molecule has 0 bridgehead atoms. The summed E-state index contributed by atoms with van der Waals surface area (Å²) in [5, 5.41) is 10.5. The molecule has 6 nitrogen and oxygen atoms in total. The van der Waals surface area contributed by atoms with Gasteiger partial charge in [-0.1, -0.05) is 32.9 Å². The highest BCUT2D eigenvalue weighted by Gasteiger charge is 2.38. The summed E-state index contributed by atoms with van der Waals surface area (Å²) < 4.78 is 52.8. The van der Waals surface area contributed by atoms with Gasteiger partial charge in [-0.25, -0.2) is 5.01 Å². The first-order chi connectivity index (χ1) is 17.3. The fourth-order valence-electron chi connectivity index (χ4n) is 4.55. The van der Waals surface area contributed by atoms with E-state index in [0.717, 1.165) is 36.4 Å². The summed E-state index contributed by atoms with van der Waals surface area (Å²) in [6.07, 6.45) is 0.514. The van der Waals surface area contributed by atoms with Gasteiger partial charge in [0.1, 0.15) is 12.0 Å². The lowest BCUT2D eigenvalue weighted by Crippen LogP contribution is -2.44. The van der Waals surface area contributed by atoms with Crippen LogP contribution in [0.3, 0.4) is 0 Å². The number of amidine groups is 1. The van der Waals surface area contributed by atoms with E-state index in [1.165, 1.54) is 6.07 Å². The quantitative estimate of drug-likeness (QED) is 0.478. The molecule has 0 aromatic heterocycles. The Morgan fingerprint density at radius 2 is 1.86 bits per heavy atom. The highest BCUT2D eigenvalue weighted by atomic mass is 28.4. The fourth-order valence-corrected chi connectivity index (χ4v) is 5.60. The van der Waals surface area contributed by atoms with E-state index in [4.69, 9.17) is 14.3 Å². The number of morpholine rings is 1. The Morgan fingerprint density at radius 1 is 1.16 bits per heavy atom. The summed E-state index contributed by atoms with van der Waals surface area (Å²) in [6, 6.07) is 4.42. The third-order valence-corrected chi connectivity index (χ3v) is 12.5. The van der Waals surface area contributed by atoms with E-state index in [0.29, 0.717) is 38.2 Å². The third kappa shape index (κ3) is 6.07. The number of nitrogens with one attached hydrogen (secondary N) is 1. The van der Waals surface area contributed by atoms with Crippen LogP contribution in [0.1, 0.15) is 43.9 Å². The van der Waals surface area contributed by atoms with Crippen LogP contribution >= 0.6 is 0 Å². The number of nitrogens with zero attached hydrogens (tertiary/aromatic N) is 3. The Bertz CT molecular complexity index is 1090. The van der Waals surface area contributed by atoms with E-state index in [9.17, 15) is 13.2 Å². The molecule has 0 saturated carbocycles. The van der Waals surface area contributed by atoms with Gasteiger partial charge < -0.3 is 19.4 Å². The van der Waals surface area contributed by atoms with E-state index in [1.807, 2.05) is 11.1 Å². The van der Waals surface area contributed by atoms with Crippen molar-refractivity contribution < 1.29 is 22.3 Å². The van der Waals surface area contributed by atoms with Gasteiger partial charge in [-0.3, -0.25) is 0 Å². The van der Waals surface area contributed by atoms with Crippen molar-refractivity contribution in [2.24, 2.45) is 5.10 Å². The standard InChI is InChI=1S/C27H39F3N4O2Si/c1-19-20(8-7-9-21(19)27(28,29)30)18-23-22(12-15-36-37(5,6)26(2,3)4)31-24-10-11-25(32-34(23)24)33-13-16-35-17-14-33/h7-11,24,31H,12-18H2,1-6H3. The molecule has 1 aromatic carbocycles. The number of hydrogen-bond donors (Lipinski definition) is 1. The molecule has 1 atom stereocenters. The molecule has 0 aliphatic carbocycles. The minimum absolute atomic E-state index is 0.0973. The van der Waals surface area contributed by atoms with Crippen LogP contribution in [0, 0.1) is 6.92 Å². The van der Waals surface area contributed by atoms with Crippen LogP contribution in [0.25, 0.3) is 0 Å². The number of allylic oxidation sites excluding steroid dienone is 1. The van der Waals surface area contributed by atoms with Gasteiger partial charge in [0.2, 0.25) is 0 Å². The molecule has 1 unspecified atom stereocenters. The molecule has 1 saturated heterocycles. The zero-order chi connectivity index (χ0) is 27.0. The van der Waals surface area contributed by atoms with Crippen molar-refractivity contribution in [3.05, 3.63) is 58.4 Å². The minimum Gasteiger partial charge on any atom is -0.416 e. The lowest BCUT2D eigenvalue weighted by Gasteiger charge is -2.36. The Balaban J connectivity index is 1.64. The average Bonchev–Trinajstić information content (AvgIpc) is 3.15. The SMILES string of the molecule is Cc1c(CC2=C(CCO[Si](C)(C)C(C)(C)C)NC3C=CC(N4CCOCC4)=NN23)cccc1C(F)(F)F. The van der Waals surface area contributed by atoms with Gasteiger partial charge in [-0.05, 0) is 54.4 Å². The number of fused-ring (bicyclic) bond motifs is 1. The molecular formula is C27H39F3N4O2Si. The van der Waals surface area contributed by atoms with E-state index >= 15 is 0 Å². The first kappa shape index (κ1) is 27.7. The molecule has 204 valence electrons. The molecule has 37 heavy (non-hydrogen) atoms. The van der Waals surface area contributed by atoms with Crippen molar-refractivity contribution >= 4 is 14.2 Å². The van der Waals surface area contributed by atoms with Crippen molar-refractivity contribution in [3.8, 4) is 0 Å². The number of rotatable bonds is 6. The summed E-state index contributed by atoms with van der Waals surface area (Å²) in [5.41, 5.74) is 2.17. The zero-order valence-electron chi connectivity index (χ0n) is 22.7. The summed E-state index contributed by atoms with van der Waals surface area (Å²) >= 11 is 0. The molecule has 1 N–H and O–H groups in total. The van der Waals surface area contributed by atoms with E-state index in [-0.39, 0.29) is 16.8 Å². The second kappa shape index (κ2) is 10.5. The zero-order valence-corrected chi connectivity index (χ0v) is 23.7. The second-order valence-electron chi connectivity index (χ2n) is 11.4. The van der Waals surface area contributed by atoms with Crippen LogP contribution in [-0.4, -0.2) is 63.1 Å². The maximum absolute atomic E-state index is 13.6. The Labute approximate surface area is 219 Å². The van der Waals surface area contributed by atoms with E-state index < -0.39 is 20.1 Å². The highest BCUT2D eigenvalue weighted by molar-refractivity contribution is 6.74. The van der Waals surface area contributed by atoms with Crippen LogP contribution in [0.2, 0.25) is 18.1 Å². The van der Waals surface area contributed by atoms with Gasteiger partial charge in [0.25, 0.3) is 0 Å². The summed E-state index contributed by atoms with van der Waals surface area (Å²) in [7, 11) is -1.93. The molecule has 4 rings (SSSR count). The van der Waals surface area contributed by atoms with Crippen molar-refractivity contribution in [1.29, 1.82) is 0 Å². The molecule has 1 aromatic rings. The average molecular weight is 537 g/mol. The Kier molecular flexibility index (Phi) is 7.83. The first-order valence-electron chi connectivity index (χ1n) is 12.9. The van der Waals surface area contributed by atoms with Crippen LogP contribution in [0.5, 0.6) is 0 Å². The maximum Gasteiger partial charge on any atom is 0.416 e.